The molecule has 0 amide bonds. The number of rotatable bonds is 0. The van der Waals surface area contributed by atoms with E-state index in [1.807, 2.05) is 0 Å². The summed E-state index contributed by atoms with van der Waals surface area (Å²) < 4.78 is 17.7. The van der Waals surface area contributed by atoms with Crippen LogP contribution in [0.2, 0.25) is 0 Å². The van der Waals surface area contributed by atoms with Crippen molar-refractivity contribution in [1.29, 1.82) is 0 Å². The molecule has 2 aliphatic heterocycles. The fraction of sp³-hybridized carbons (Fsp3) is 1.00. The van der Waals surface area contributed by atoms with Crippen molar-refractivity contribution in [2.24, 2.45) is 0 Å². The Morgan fingerprint density at radius 3 is 1.93 bits per heavy atom. The zero-order valence-corrected chi connectivity index (χ0v) is 9.72. The highest BCUT2D eigenvalue weighted by atomic mass is 16.8. The Morgan fingerprint density at radius 2 is 1.57 bits per heavy atom. The summed E-state index contributed by atoms with van der Waals surface area (Å²) in [6.45, 7) is 8.32. The van der Waals surface area contributed by atoms with Crippen LogP contribution in [-0.2, 0) is 14.0 Å². The van der Waals surface area contributed by atoms with Crippen LogP contribution in [-0.4, -0.2) is 38.3 Å². The van der Waals surface area contributed by atoms with Crippen molar-refractivity contribution >= 4 is 6.89 Å². The van der Waals surface area contributed by atoms with Gasteiger partial charge in [0.2, 0.25) is 0 Å². The summed E-state index contributed by atoms with van der Waals surface area (Å²) in [7, 11) is 2.06. The molecule has 1 unspecified atom stereocenters. The molecular weight excluding hydrogens is 181 g/mol. The predicted octanol–water partition coefficient (Wildman–Crippen LogP) is -0.429. The standard InChI is InChI=1S/C9H20BNO3/c1-8(2)9(3,4)14-10(13-8)11(5)6-7-12-10/h11H,6-7H2,1-5H3. The minimum absolute atomic E-state index is 0.293. The third-order valence-corrected chi connectivity index (χ3v) is 3.79. The summed E-state index contributed by atoms with van der Waals surface area (Å²) >= 11 is 0. The van der Waals surface area contributed by atoms with Crippen molar-refractivity contribution < 1.29 is 18.8 Å². The number of quaternary nitrogens is 1. The lowest BCUT2D eigenvalue weighted by atomic mass is 9.90. The van der Waals surface area contributed by atoms with Crippen molar-refractivity contribution in [3.05, 3.63) is 0 Å². The van der Waals surface area contributed by atoms with Crippen LogP contribution in [0.5, 0.6) is 0 Å². The molecular formula is C9H20BNO3. The normalized spacial score (nSPS) is 37.9. The molecule has 0 aromatic carbocycles. The van der Waals surface area contributed by atoms with E-state index in [1.54, 1.807) is 0 Å². The molecule has 82 valence electrons. The van der Waals surface area contributed by atoms with E-state index in [4.69, 9.17) is 14.0 Å². The largest absolute Gasteiger partial charge is 0.624 e. The first-order valence-electron chi connectivity index (χ1n) is 5.30. The van der Waals surface area contributed by atoms with E-state index in [0.29, 0.717) is 0 Å². The Hall–Kier alpha value is -0.0951. The number of hydrogen-bond donors (Lipinski definition) is 1. The van der Waals surface area contributed by atoms with Gasteiger partial charge in [-0.25, -0.2) is 0 Å². The van der Waals surface area contributed by atoms with Gasteiger partial charge in [0.15, 0.2) is 0 Å². The number of nitrogens with one attached hydrogen (secondary N) is 1. The van der Waals surface area contributed by atoms with Crippen LogP contribution in [0.15, 0.2) is 0 Å². The Bertz CT molecular complexity index is 238. The van der Waals surface area contributed by atoms with Gasteiger partial charge < -0.3 is 18.8 Å². The van der Waals surface area contributed by atoms with E-state index >= 15 is 0 Å². The summed E-state index contributed by atoms with van der Waals surface area (Å²) in [4.78, 5) is 1.20. The van der Waals surface area contributed by atoms with Gasteiger partial charge in [-0.2, -0.15) is 0 Å². The smallest absolute Gasteiger partial charge is 0.481 e. The Labute approximate surface area is 85.5 Å². The first kappa shape index (κ1) is 10.4. The Morgan fingerprint density at radius 1 is 1.07 bits per heavy atom. The average Bonchev–Trinajstić information content (AvgIpc) is 2.37. The third-order valence-electron chi connectivity index (χ3n) is 3.79. The van der Waals surface area contributed by atoms with E-state index in [1.165, 1.54) is 4.81 Å². The topological polar surface area (TPSA) is 32.1 Å². The van der Waals surface area contributed by atoms with Gasteiger partial charge in [-0.05, 0) is 27.7 Å². The molecule has 0 radical (unpaired) electrons. The molecule has 2 saturated heterocycles. The molecule has 1 atom stereocenters. The van der Waals surface area contributed by atoms with Gasteiger partial charge in [0.1, 0.15) is 0 Å². The van der Waals surface area contributed by atoms with Gasteiger partial charge in [0.05, 0.1) is 24.4 Å². The summed E-state index contributed by atoms with van der Waals surface area (Å²) in [5.74, 6) is 0. The molecule has 0 aromatic heterocycles. The maximum atomic E-state index is 6.01. The summed E-state index contributed by atoms with van der Waals surface area (Å²) in [6, 6.07) is 0. The molecule has 2 heterocycles. The second-order valence-electron chi connectivity index (χ2n) is 5.37. The summed E-state index contributed by atoms with van der Waals surface area (Å²) in [6.07, 6.45) is 0. The molecule has 1 spiro atoms. The minimum atomic E-state index is -1.57. The molecule has 0 aromatic rings. The Kier molecular flexibility index (Phi) is 2.03. The summed E-state index contributed by atoms with van der Waals surface area (Å²) in [5.41, 5.74) is -0.586. The molecule has 2 fully saturated rings. The van der Waals surface area contributed by atoms with E-state index in [9.17, 15) is 0 Å². The van der Waals surface area contributed by atoms with E-state index < -0.39 is 6.89 Å². The number of likely N-dealkylation sites (N-methyl/N-ethyl adjacent to an activating group) is 1. The lowest BCUT2D eigenvalue weighted by Crippen LogP contribution is -3.19. The highest BCUT2D eigenvalue weighted by molar-refractivity contribution is 6.52. The van der Waals surface area contributed by atoms with Crippen LogP contribution in [0.25, 0.3) is 0 Å². The lowest BCUT2D eigenvalue weighted by Gasteiger charge is -2.35. The monoisotopic (exact) mass is 201 g/mol. The first-order valence-corrected chi connectivity index (χ1v) is 5.30. The van der Waals surface area contributed by atoms with Crippen molar-refractivity contribution in [3.8, 4) is 0 Å². The average molecular weight is 201 g/mol. The van der Waals surface area contributed by atoms with Gasteiger partial charge >= 0.3 is 6.89 Å². The molecule has 0 aliphatic carbocycles. The van der Waals surface area contributed by atoms with E-state index in [2.05, 4.69) is 34.7 Å². The fourth-order valence-corrected chi connectivity index (χ4v) is 2.05. The maximum Gasteiger partial charge on any atom is 0.624 e. The van der Waals surface area contributed by atoms with Gasteiger partial charge in [-0.15, -0.1) is 0 Å². The highest BCUT2D eigenvalue weighted by Crippen LogP contribution is 2.40. The first-order chi connectivity index (χ1) is 6.29. The molecule has 5 heteroatoms. The van der Waals surface area contributed by atoms with Gasteiger partial charge in [-0.3, -0.25) is 0 Å². The minimum Gasteiger partial charge on any atom is -0.481 e. The van der Waals surface area contributed by atoms with Crippen molar-refractivity contribution in [2.45, 2.75) is 38.9 Å². The number of hydrogen-bond acceptors (Lipinski definition) is 3. The Balaban J connectivity index is 2.28. The van der Waals surface area contributed by atoms with Crippen LogP contribution in [0.3, 0.4) is 0 Å². The summed E-state index contributed by atoms with van der Waals surface area (Å²) in [5, 5.41) is 0. The van der Waals surface area contributed by atoms with Crippen molar-refractivity contribution in [3.63, 3.8) is 0 Å². The zero-order chi connectivity index (χ0) is 10.6. The third kappa shape index (κ3) is 1.23. The van der Waals surface area contributed by atoms with Gasteiger partial charge in [0, 0.05) is 7.05 Å². The fourth-order valence-electron chi connectivity index (χ4n) is 2.05. The van der Waals surface area contributed by atoms with Crippen LogP contribution >= 0.6 is 0 Å². The van der Waals surface area contributed by atoms with Crippen molar-refractivity contribution in [1.82, 2.24) is 0 Å². The molecule has 4 nitrogen and oxygen atoms in total. The molecule has 0 saturated carbocycles. The molecule has 0 bridgehead atoms. The van der Waals surface area contributed by atoms with Crippen LogP contribution < -0.4 is 4.81 Å². The molecule has 1 N–H and O–H groups in total. The van der Waals surface area contributed by atoms with E-state index in [0.717, 1.165) is 13.2 Å². The molecule has 2 aliphatic rings. The lowest BCUT2D eigenvalue weighted by molar-refractivity contribution is -0.785. The van der Waals surface area contributed by atoms with Crippen LogP contribution in [0.4, 0.5) is 0 Å². The zero-order valence-electron chi connectivity index (χ0n) is 9.72. The van der Waals surface area contributed by atoms with Crippen LogP contribution in [0, 0.1) is 0 Å². The quantitative estimate of drug-likeness (QED) is 0.540. The second kappa shape index (κ2) is 2.73. The van der Waals surface area contributed by atoms with Crippen molar-refractivity contribution in [2.75, 3.05) is 20.2 Å². The highest BCUT2D eigenvalue weighted by Gasteiger charge is 2.62. The van der Waals surface area contributed by atoms with Crippen LogP contribution in [0.1, 0.15) is 27.7 Å². The SMILES string of the molecule is C[NH+]1CCO[B-]12OC(C)(C)C(C)(C)O2. The van der Waals surface area contributed by atoms with Gasteiger partial charge in [-0.1, -0.05) is 0 Å². The van der Waals surface area contributed by atoms with Gasteiger partial charge in [0.25, 0.3) is 0 Å². The predicted molar refractivity (Wildman–Crippen MR) is 53.8 cm³/mol. The molecule has 2 rings (SSSR count). The van der Waals surface area contributed by atoms with E-state index in [-0.39, 0.29) is 11.2 Å². The maximum absolute atomic E-state index is 6.01. The second-order valence-corrected chi connectivity index (χ2v) is 5.37. The molecule has 14 heavy (non-hydrogen) atoms.